The van der Waals surface area contributed by atoms with Crippen LogP contribution in [0.15, 0.2) is 52.3 Å². The Bertz CT molecular complexity index is 1160. The van der Waals surface area contributed by atoms with Crippen LogP contribution < -0.4 is 14.2 Å². The topological polar surface area (TPSA) is 142 Å². The van der Waals surface area contributed by atoms with Crippen LogP contribution in [-0.4, -0.2) is 31.6 Å². The number of amides is 2. The van der Waals surface area contributed by atoms with Crippen molar-refractivity contribution < 1.29 is 31.9 Å². The van der Waals surface area contributed by atoms with Crippen LogP contribution in [0.3, 0.4) is 0 Å². The molecule has 10 nitrogen and oxygen atoms in total. The largest absolute Gasteiger partial charge is 0.493 e. The van der Waals surface area contributed by atoms with E-state index < -0.39 is 36.8 Å². The van der Waals surface area contributed by atoms with Gasteiger partial charge in [-0.25, -0.2) is 0 Å². The summed E-state index contributed by atoms with van der Waals surface area (Å²) in [7, 11) is -3.25. The number of rotatable bonds is 6. The molecule has 0 unspecified atom stereocenters. The van der Waals surface area contributed by atoms with E-state index in [1.807, 2.05) is 0 Å². The summed E-state index contributed by atoms with van der Waals surface area (Å²) in [6.45, 7) is 0. The Morgan fingerprint density at radius 2 is 1.86 bits per heavy atom. The summed E-state index contributed by atoms with van der Waals surface area (Å²) in [5.74, 6) is -0.734. The summed E-state index contributed by atoms with van der Waals surface area (Å²) in [6, 6.07) is 8.89. The highest BCUT2D eigenvalue weighted by atomic mass is 32.2. The molecule has 0 aliphatic carbocycles. The third-order valence-corrected chi connectivity index (χ3v) is 5.75. The molecule has 0 aromatic heterocycles. The molecule has 12 heteroatoms. The Morgan fingerprint density at radius 3 is 2.48 bits per heavy atom. The monoisotopic (exact) mass is 436 g/mol. The molecule has 1 N–H and O–H groups in total. The fourth-order valence-electron chi connectivity index (χ4n) is 2.40. The molecule has 2 amide bonds. The minimum Gasteiger partial charge on any atom is -0.493 e. The molecule has 2 aromatic carbocycles. The third kappa shape index (κ3) is 4.38. The van der Waals surface area contributed by atoms with E-state index in [1.54, 1.807) is 0 Å². The van der Waals surface area contributed by atoms with Gasteiger partial charge in [-0.2, -0.15) is 8.42 Å². The smallest absolute Gasteiger partial charge is 0.346 e. The predicted molar refractivity (Wildman–Crippen MR) is 103 cm³/mol. The number of benzene rings is 2. The van der Waals surface area contributed by atoms with Crippen LogP contribution in [0, 0.1) is 10.1 Å². The van der Waals surface area contributed by atoms with Gasteiger partial charge in [0.25, 0.3) is 16.8 Å². The molecular weight excluding hydrogens is 424 g/mol. The summed E-state index contributed by atoms with van der Waals surface area (Å²) in [4.78, 5) is 32.7. The number of nitro benzene ring substituents is 1. The van der Waals surface area contributed by atoms with Crippen molar-refractivity contribution in [2.45, 2.75) is 4.90 Å². The van der Waals surface area contributed by atoms with E-state index in [-0.39, 0.29) is 16.4 Å². The summed E-state index contributed by atoms with van der Waals surface area (Å²) in [5, 5.41) is 12.7. The summed E-state index contributed by atoms with van der Waals surface area (Å²) >= 11 is 0.727. The first-order valence-corrected chi connectivity index (χ1v) is 10.0. The number of thioether (sulfide) groups is 1. The van der Waals surface area contributed by atoms with Crippen molar-refractivity contribution in [3.05, 3.63) is 63.0 Å². The van der Waals surface area contributed by atoms with Crippen molar-refractivity contribution in [1.82, 2.24) is 5.32 Å². The maximum absolute atomic E-state index is 12.5. The Hall–Kier alpha value is -3.38. The molecule has 1 heterocycles. The number of nitro groups is 1. The minimum absolute atomic E-state index is 0.0104. The van der Waals surface area contributed by atoms with Gasteiger partial charge in [0, 0.05) is 6.07 Å². The molecule has 0 saturated carbocycles. The number of nitrogens with one attached hydrogen (secondary N) is 1. The third-order valence-electron chi connectivity index (χ3n) is 3.66. The van der Waals surface area contributed by atoms with E-state index in [4.69, 9.17) is 8.92 Å². The summed E-state index contributed by atoms with van der Waals surface area (Å²) in [5.41, 5.74) is -0.175. The zero-order chi connectivity index (χ0) is 21.2. The number of carbonyl (C=O) groups is 2. The standard InChI is InChI=1S/C17H12N2O8S2/c1-26-13-8-10(9-14-16(20)18-17(21)28-14)6-7-12(13)27-29(24,25)15-5-3-2-4-11(15)19(22)23/h2-9H,1H3,(H,18,20,21)/b14-9+. The Labute approximate surface area is 168 Å². The molecule has 29 heavy (non-hydrogen) atoms. The van der Waals surface area contributed by atoms with Crippen LogP contribution in [0.4, 0.5) is 10.5 Å². The number of methoxy groups -OCH3 is 1. The molecule has 1 aliphatic rings. The number of hydrogen-bond donors (Lipinski definition) is 1. The highest BCUT2D eigenvalue weighted by molar-refractivity contribution is 8.18. The fraction of sp³-hybridized carbons (Fsp3) is 0.0588. The second-order valence-electron chi connectivity index (χ2n) is 5.52. The first kappa shape index (κ1) is 20.4. The molecule has 1 aliphatic heterocycles. The van der Waals surface area contributed by atoms with Crippen molar-refractivity contribution in [2.24, 2.45) is 0 Å². The van der Waals surface area contributed by atoms with Gasteiger partial charge in [-0.15, -0.1) is 0 Å². The van der Waals surface area contributed by atoms with E-state index >= 15 is 0 Å². The molecular formula is C17H12N2O8S2. The van der Waals surface area contributed by atoms with Crippen LogP contribution in [-0.2, 0) is 14.9 Å². The Balaban J connectivity index is 1.94. The van der Waals surface area contributed by atoms with Crippen LogP contribution in [0.5, 0.6) is 11.5 Å². The van der Waals surface area contributed by atoms with Crippen LogP contribution >= 0.6 is 11.8 Å². The van der Waals surface area contributed by atoms with Gasteiger partial charge in [-0.05, 0) is 41.6 Å². The fourth-order valence-corrected chi connectivity index (χ4v) is 4.19. The number of hydrogen-bond acceptors (Lipinski definition) is 9. The van der Waals surface area contributed by atoms with Gasteiger partial charge in [0.2, 0.25) is 0 Å². The summed E-state index contributed by atoms with van der Waals surface area (Å²) in [6.07, 6.45) is 1.42. The first-order chi connectivity index (χ1) is 13.7. The van der Waals surface area contributed by atoms with Gasteiger partial charge in [0.05, 0.1) is 16.9 Å². The highest BCUT2D eigenvalue weighted by Crippen LogP contribution is 2.34. The molecule has 2 aromatic rings. The molecule has 0 atom stereocenters. The van der Waals surface area contributed by atoms with Gasteiger partial charge < -0.3 is 8.92 Å². The Kier molecular flexibility index (Phi) is 5.57. The van der Waals surface area contributed by atoms with E-state index in [9.17, 15) is 28.1 Å². The summed E-state index contributed by atoms with van der Waals surface area (Å²) < 4.78 is 35.3. The molecule has 150 valence electrons. The quantitative estimate of drug-likeness (QED) is 0.313. The van der Waals surface area contributed by atoms with Gasteiger partial charge in [-0.1, -0.05) is 18.2 Å². The van der Waals surface area contributed by atoms with Gasteiger partial charge in [-0.3, -0.25) is 25.0 Å². The average Bonchev–Trinajstić information content (AvgIpc) is 2.99. The lowest BCUT2D eigenvalue weighted by Crippen LogP contribution is -2.17. The molecule has 0 spiro atoms. The van der Waals surface area contributed by atoms with Crippen molar-refractivity contribution in [1.29, 1.82) is 0 Å². The minimum atomic E-state index is -4.52. The Morgan fingerprint density at radius 1 is 1.14 bits per heavy atom. The zero-order valence-corrected chi connectivity index (χ0v) is 16.3. The lowest BCUT2D eigenvalue weighted by Gasteiger charge is -2.11. The maximum Gasteiger partial charge on any atom is 0.346 e. The zero-order valence-electron chi connectivity index (χ0n) is 14.6. The van der Waals surface area contributed by atoms with Crippen molar-refractivity contribution in [3.8, 4) is 11.5 Å². The number of nitrogens with zero attached hydrogens (tertiary/aromatic N) is 1. The van der Waals surface area contributed by atoms with Crippen molar-refractivity contribution in [2.75, 3.05) is 7.11 Å². The van der Waals surface area contributed by atoms with Crippen LogP contribution in [0.2, 0.25) is 0 Å². The van der Waals surface area contributed by atoms with Gasteiger partial charge in [0.15, 0.2) is 16.4 Å². The number of carbonyl (C=O) groups excluding carboxylic acids is 2. The van der Waals surface area contributed by atoms with E-state index in [0.29, 0.717) is 5.56 Å². The van der Waals surface area contributed by atoms with Crippen molar-refractivity contribution in [3.63, 3.8) is 0 Å². The number of ether oxygens (including phenoxy) is 1. The molecule has 1 saturated heterocycles. The van der Waals surface area contributed by atoms with Gasteiger partial charge in [0.1, 0.15) is 0 Å². The predicted octanol–water partition coefficient (Wildman–Crippen LogP) is 2.70. The average molecular weight is 436 g/mol. The maximum atomic E-state index is 12.5. The second-order valence-corrected chi connectivity index (χ2v) is 8.05. The molecule has 1 fully saturated rings. The highest BCUT2D eigenvalue weighted by Gasteiger charge is 2.28. The van der Waals surface area contributed by atoms with E-state index in [2.05, 4.69) is 5.32 Å². The first-order valence-electron chi connectivity index (χ1n) is 7.82. The normalized spacial score (nSPS) is 15.3. The molecule has 0 bridgehead atoms. The lowest BCUT2D eigenvalue weighted by atomic mass is 10.2. The van der Waals surface area contributed by atoms with Crippen molar-refractivity contribution >= 4 is 44.8 Å². The molecule has 0 radical (unpaired) electrons. The second kappa shape index (κ2) is 7.93. The number of imide groups is 1. The van der Waals surface area contributed by atoms with E-state index in [1.165, 1.54) is 43.5 Å². The van der Waals surface area contributed by atoms with E-state index in [0.717, 1.165) is 23.9 Å². The van der Waals surface area contributed by atoms with Crippen LogP contribution in [0.1, 0.15) is 5.56 Å². The lowest BCUT2D eigenvalue weighted by molar-refractivity contribution is -0.387. The van der Waals surface area contributed by atoms with Crippen LogP contribution in [0.25, 0.3) is 6.08 Å². The SMILES string of the molecule is COc1cc(/C=C2/SC(=O)NC2=O)ccc1OS(=O)(=O)c1ccccc1[N+](=O)[O-]. The number of para-hydroxylation sites is 1. The van der Waals surface area contributed by atoms with Gasteiger partial charge >= 0.3 is 10.1 Å². The molecule has 3 rings (SSSR count).